The van der Waals surface area contributed by atoms with Crippen LogP contribution in [0, 0.1) is 0 Å². The van der Waals surface area contributed by atoms with Gasteiger partial charge in [-0.25, -0.2) is 14.8 Å². The molecule has 1 aromatic carbocycles. The van der Waals surface area contributed by atoms with Crippen LogP contribution in [0.15, 0.2) is 47.4 Å². The fraction of sp³-hybridized carbons (Fsp3) is 0.158. The van der Waals surface area contributed by atoms with Gasteiger partial charge in [0, 0.05) is 35.1 Å². The minimum atomic E-state index is -0.470. The Morgan fingerprint density at radius 2 is 1.96 bits per heavy atom. The van der Waals surface area contributed by atoms with E-state index in [9.17, 15) is 4.79 Å². The van der Waals surface area contributed by atoms with Crippen LogP contribution >= 0.6 is 22.7 Å². The second kappa shape index (κ2) is 7.91. The van der Waals surface area contributed by atoms with E-state index < -0.39 is 5.97 Å². The van der Waals surface area contributed by atoms with Crippen molar-refractivity contribution in [2.24, 2.45) is 7.05 Å². The first-order valence-electron chi connectivity index (χ1n) is 8.33. The third kappa shape index (κ3) is 3.95. The van der Waals surface area contributed by atoms with Gasteiger partial charge < -0.3 is 9.47 Å². The summed E-state index contributed by atoms with van der Waals surface area (Å²) >= 11 is 2.87. The number of carbonyl (C=O) groups is 1. The second-order valence-corrected chi connectivity index (χ2v) is 7.61. The lowest BCUT2D eigenvalue weighted by atomic mass is 10.2. The first-order chi connectivity index (χ1) is 13.6. The van der Waals surface area contributed by atoms with Gasteiger partial charge in [0.05, 0.1) is 19.0 Å². The number of aromatic nitrogens is 4. The second-order valence-electron chi connectivity index (χ2n) is 5.89. The number of nitrogens with zero attached hydrogens (tertiary/aromatic N) is 4. The SMILES string of the molecule is COc1cccc(-c2nc(COC(=O)c3csc(-c4cnn(C)c4)n3)cs2)c1. The zero-order valence-corrected chi connectivity index (χ0v) is 16.8. The highest BCUT2D eigenvalue weighted by Crippen LogP contribution is 2.27. The van der Waals surface area contributed by atoms with E-state index in [-0.39, 0.29) is 12.3 Å². The molecule has 0 bridgehead atoms. The molecule has 0 aliphatic carbocycles. The molecule has 0 atom stereocenters. The Balaban J connectivity index is 1.40. The van der Waals surface area contributed by atoms with E-state index in [1.165, 1.54) is 22.7 Å². The van der Waals surface area contributed by atoms with Gasteiger partial charge in [-0.05, 0) is 12.1 Å². The molecule has 0 amide bonds. The normalized spacial score (nSPS) is 10.8. The lowest BCUT2D eigenvalue weighted by molar-refractivity contribution is 0.0462. The highest BCUT2D eigenvalue weighted by atomic mass is 32.1. The molecule has 0 radical (unpaired) electrons. The first-order valence-corrected chi connectivity index (χ1v) is 10.1. The van der Waals surface area contributed by atoms with Gasteiger partial charge in [-0.2, -0.15) is 5.10 Å². The third-order valence-corrected chi connectivity index (χ3v) is 5.72. The van der Waals surface area contributed by atoms with Crippen molar-refractivity contribution in [3.05, 3.63) is 58.8 Å². The summed E-state index contributed by atoms with van der Waals surface area (Å²) < 4.78 is 12.3. The molecular weight excluding hydrogens is 396 g/mol. The first kappa shape index (κ1) is 18.3. The maximum Gasteiger partial charge on any atom is 0.358 e. The van der Waals surface area contributed by atoms with Crippen LogP contribution in [0.1, 0.15) is 16.2 Å². The topological polar surface area (TPSA) is 79.1 Å². The Hall–Kier alpha value is -3.04. The fourth-order valence-corrected chi connectivity index (χ4v) is 4.07. The fourth-order valence-electron chi connectivity index (χ4n) is 2.51. The van der Waals surface area contributed by atoms with E-state index in [0.29, 0.717) is 5.69 Å². The zero-order valence-electron chi connectivity index (χ0n) is 15.2. The molecule has 3 heterocycles. The molecular formula is C19H16N4O3S2. The van der Waals surface area contributed by atoms with E-state index in [0.717, 1.165) is 26.9 Å². The number of hydrogen-bond acceptors (Lipinski definition) is 8. The van der Waals surface area contributed by atoms with Crippen molar-refractivity contribution in [2.75, 3.05) is 7.11 Å². The van der Waals surface area contributed by atoms with Crippen molar-refractivity contribution >= 4 is 28.6 Å². The molecule has 4 rings (SSSR count). The van der Waals surface area contributed by atoms with Crippen molar-refractivity contribution in [1.29, 1.82) is 0 Å². The van der Waals surface area contributed by atoms with Crippen LogP contribution in [0.3, 0.4) is 0 Å². The van der Waals surface area contributed by atoms with Crippen molar-refractivity contribution < 1.29 is 14.3 Å². The molecule has 3 aromatic heterocycles. The summed E-state index contributed by atoms with van der Waals surface area (Å²) in [5, 5.41) is 9.26. The predicted octanol–water partition coefficient (Wildman–Crippen LogP) is 4.03. The number of hydrogen-bond donors (Lipinski definition) is 0. The van der Waals surface area contributed by atoms with Crippen LogP contribution in [0.2, 0.25) is 0 Å². The van der Waals surface area contributed by atoms with E-state index in [2.05, 4.69) is 15.1 Å². The smallest absolute Gasteiger partial charge is 0.358 e. The van der Waals surface area contributed by atoms with Gasteiger partial charge in [0.15, 0.2) is 5.69 Å². The van der Waals surface area contributed by atoms with Crippen LogP contribution in [-0.2, 0) is 18.4 Å². The number of carbonyl (C=O) groups excluding carboxylic acids is 1. The number of aryl methyl sites for hydroxylation is 1. The van der Waals surface area contributed by atoms with Gasteiger partial charge in [-0.1, -0.05) is 12.1 Å². The van der Waals surface area contributed by atoms with E-state index in [1.54, 1.807) is 23.4 Å². The van der Waals surface area contributed by atoms with Crippen molar-refractivity contribution in [2.45, 2.75) is 6.61 Å². The summed E-state index contributed by atoms with van der Waals surface area (Å²) in [5.41, 5.74) is 2.81. The number of benzene rings is 1. The molecule has 28 heavy (non-hydrogen) atoms. The summed E-state index contributed by atoms with van der Waals surface area (Å²) in [6.07, 6.45) is 3.56. The van der Waals surface area contributed by atoms with Gasteiger partial charge in [-0.15, -0.1) is 22.7 Å². The van der Waals surface area contributed by atoms with E-state index >= 15 is 0 Å². The van der Waals surface area contributed by atoms with Gasteiger partial charge >= 0.3 is 5.97 Å². The van der Waals surface area contributed by atoms with Crippen LogP contribution in [0.25, 0.3) is 21.1 Å². The Morgan fingerprint density at radius 1 is 1.14 bits per heavy atom. The largest absolute Gasteiger partial charge is 0.497 e. The quantitative estimate of drug-likeness (QED) is 0.445. The molecule has 0 aliphatic heterocycles. The summed E-state index contributed by atoms with van der Waals surface area (Å²) in [4.78, 5) is 21.2. The molecule has 0 aliphatic rings. The van der Waals surface area contributed by atoms with E-state index in [4.69, 9.17) is 9.47 Å². The molecule has 0 saturated carbocycles. The minimum absolute atomic E-state index is 0.0963. The highest BCUT2D eigenvalue weighted by molar-refractivity contribution is 7.13. The Labute approximate surface area is 169 Å². The average Bonchev–Trinajstić information content (AvgIpc) is 3.46. The summed E-state index contributed by atoms with van der Waals surface area (Å²) in [5.74, 6) is 0.302. The zero-order chi connectivity index (χ0) is 19.5. The van der Waals surface area contributed by atoms with Crippen molar-refractivity contribution in [1.82, 2.24) is 19.7 Å². The maximum atomic E-state index is 12.3. The number of rotatable bonds is 6. The van der Waals surface area contributed by atoms with Crippen LogP contribution in [-0.4, -0.2) is 32.8 Å². The van der Waals surface area contributed by atoms with Gasteiger partial charge in [0.25, 0.3) is 0 Å². The highest BCUT2D eigenvalue weighted by Gasteiger charge is 2.15. The molecule has 9 heteroatoms. The molecule has 0 unspecified atom stereocenters. The van der Waals surface area contributed by atoms with Crippen LogP contribution in [0.4, 0.5) is 0 Å². The predicted molar refractivity (Wildman–Crippen MR) is 108 cm³/mol. The van der Waals surface area contributed by atoms with Crippen molar-refractivity contribution in [3.63, 3.8) is 0 Å². The van der Waals surface area contributed by atoms with Gasteiger partial charge in [0.2, 0.25) is 0 Å². The van der Waals surface area contributed by atoms with Crippen molar-refractivity contribution in [3.8, 4) is 26.9 Å². The lowest BCUT2D eigenvalue weighted by Crippen LogP contribution is -2.05. The number of ether oxygens (including phenoxy) is 2. The lowest BCUT2D eigenvalue weighted by Gasteiger charge is -2.01. The Kier molecular flexibility index (Phi) is 5.18. The monoisotopic (exact) mass is 412 g/mol. The summed E-state index contributed by atoms with van der Waals surface area (Å²) in [6, 6.07) is 7.68. The number of thiazole rings is 2. The third-order valence-electron chi connectivity index (χ3n) is 3.88. The molecule has 142 valence electrons. The molecule has 0 N–H and O–H groups in total. The number of methoxy groups -OCH3 is 1. The molecule has 0 spiro atoms. The van der Waals surface area contributed by atoms with Gasteiger partial charge in [-0.3, -0.25) is 4.68 Å². The Bertz CT molecular complexity index is 1120. The van der Waals surface area contributed by atoms with Gasteiger partial charge in [0.1, 0.15) is 22.4 Å². The average molecular weight is 412 g/mol. The maximum absolute atomic E-state index is 12.3. The standard InChI is InChI=1S/C19H16N4O3S2/c1-23-8-13(7-20-23)18-22-16(11-28-18)19(24)26-9-14-10-27-17(21-14)12-4-3-5-15(6-12)25-2/h3-8,10-11H,9H2,1-2H3. The molecule has 7 nitrogen and oxygen atoms in total. The van der Waals surface area contributed by atoms with Crippen LogP contribution < -0.4 is 4.74 Å². The minimum Gasteiger partial charge on any atom is -0.497 e. The summed E-state index contributed by atoms with van der Waals surface area (Å²) in [6.45, 7) is 0.0963. The molecule has 0 saturated heterocycles. The number of esters is 1. The molecule has 4 aromatic rings. The Morgan fingerprint density at radius 3 is 2.75 bits per heavy atom. The van der Waals surface area contributed by atoms with Crippen LogP contribution in [0.5, 0.6) is 5.75 Å². The van der Waals surface area contributed by atoms with E-state index in [1.807, 2.05) is 42.9 Å². The summed E-state index contributed by atoms with van der Waals surface area (Å²) in [7, 11) is 3.46. The molecule has 0 fully saturated rings.